The number of halogens is 2. The van der Waals surface area contributed by atoms with Gasteiger partial charge in [-0.05, 0) is 42.0 Å². The first-order valence-corrected chi connectivity index (χ1v) is 6.39. The Bertz CT molecular complexity index is 557. The summed E-state index contributed by atoms with van der Waals surface area (Å²) in [5.41, 5.74) is 8.53. The molecule has 0 spiro atoms. The Kier molecular flexibility index (Phi) is 3.99. The van der Waals surface area contributed by atoms with Crippen LogP contribution in [0.2, 0.25) is 0 Å². The lowest BCUT2D eigenvalue weighted by Crippen LogP contribution is -2.13. The van der Waals surface area contributed by atoms with Crippen LogP contribution in [0.5, 0.6) is 0 Å². The van der Waals surface area contributed by atoms with Crippen molar-refractivity contribution in [2.45, 2.75) is 6.54 Å². The molecule has 2 aromatic carbocycles. The molecule has 0 fully saturated rings. The molecule has 0 aromatic heterocycles. The Balaban J connectivity index is 2.42. The van der Waals surface area contributed by atoms with Crippen molar-refractivity contribution in [1.29, 1.82) is 0 Å². The minimum Gasteiger partial charge on any atom is -0.344 e. The zero-order valence-electron chi connectivity index (χ0n) is 10.0. The molecule has 0 saturated heterocycles. The van der Waals surface area contributed by atoms with Gasteiger partial charge < -0.3 is 10.6 Å². The largest absolute Gasteiger partial charge is 0.344 e. The molecule has 2 nitrogen and oxygen atoms in total. The monoisotopic (exact) mass is 308 g/mol. The molecule has 18 heavy (non-hydrogen) atoms. The summed E-state index contributed by atoms with van der Waals surface area (Å²) >= 11 is 3.42. The number of hydrogen-bond donors (Lipinski definition) is 1. The van der Waals surface area contributed by atoms with E-state index >= 15 is 0 Å². The number of rotatable bonds is 3. The van der Waals surface area contributed by atoms with Gasteiger partial charge in [0.15, 0.2) is 0 Å². The second-order valence-corrected chi connectivity index (χ2v) is 4.93. The third kappa shape index (κ3) is 2.71. The molecule has 0 unspecified atom stereocenters. The minimum atomic E-state index is -0.245. The van der Waals surface area contributed by atoms with Gasteiger partial charge in [-0.15, -0.1) is 0 Å². The normalized spacial score (nSPS) is 10.4. The van der Waals surface area contributed by atoms with Gasteiger partial charge in [-0.2, -0.15) is 0 Å². The van der Waals surface area contributed by atoms with E-state index in [0.717, 1.165) is 21.4 Å². The van der Waals surface area contributed by atoms with Gasteiger partial charge >= 0.3 is 0 Å². The smallest absolute Gasteiger partial charge is 0.125 e. The molecule has 0 heterocycles. The molecule has 0 saturated carbocycles. The first-order chi connectivity index (χ1) is 8.61. The van der Waals surface area contributed by atoms with Gasteiger partial charge in [-0.3, -0.25) is 0 Å². The van der Waals surface area contributed by atoms with Crippen molar-refractivity contribution in [2.24, 2.45) is 5.73 Å². The van der Waals surface area contributed by atoms with E-state index in [1.807, 2.05) is 36.2 Å². The number of nitrogens with two attached hydrogens (primary N) is 1. The molecule has 2 rings (SSSR count). The summed E-state index contributed by atoms with van der Waals surface area (Å²) in [6.45, 7) is 0.439. The van der Waals surface area contributed by atoms with Gasteiger partial charge in [0.05, 0.1) is 0 Å². The summed E-state index contributed by atoms with van der Waals surface area (Å²) in [6, 6.07) is 12.4. The van der Waals surface area contributed by atoms with Crippen LogP contribution in [0.15, 0.2) is 46.9 Å². The zero-order valence-corrected chi connectivity index (χ0v) is 11.6. The molecule has 0 aliphatic carbocycles. The molecule has 0 aliphatic heterocycles. The maximum absolute atomic E-state index is 13.2. The zero-order chi connectivity index (χ0) is 13.1. The van der Waals surface area contributed by atoms with Crippen LogP contribution in [0.4, 0.5) is 15.8 Å². The maximum Gasteiger partial charge on any atom is 0.125 e. The van der Waals surface area contributed by atoms with E-state index < -0.39 is 0 Å². The fourth-order valence-electron chi connectivity index (χ4n) is 1.87. The minimum absolute atomic E-state index is 0.245. The van der Waals surface area contributed by atoms with E-state index in [4.69, 9.17) is 5.73 Å². The van der Waals surface area contributed by atoms with E-state index in [0.29, 0.717) is 6.54 Å². The quantitative estimate of drug-likeness (QED) is 0.934. The van der Waals surface area contributed by atoms with Crippen LogP contribution in [0.3, 0.4) is 0 Å². The van der Waals surface area contributed by atoms with Crippen molar-refractivity contribution >= 4 is 27.3 Å². The first-order valence-electron chi connectivity index (χ1n) is 5.59. The second-order valence-electron chi connectivity index (χ2n) is 4.02. The van der Waals surface area contributed by atoms with Gasteiger partial charge in [-0.25, -0.2) is 4.39 Å². The average molecular weight is 309 g/mol. The van der Waals surface area contributed by atoms with Gasteiger partial charge in [-0.1, -0.05) is 22.0 Å². The predicted molar refractivity (Wildman–Crippen MR) is 76.5 cm³/mol. The first kappa shape index (κ1) is 13.1. The number of hydrogen-bond acceptors (Lipinski definition) is 2. The lowest BCUT2D eigenvalue weighted by atomic mass is 10.1. The lowest BCUT2D eigenvalue weighted by Gasteiger charge is -2.22. The van der Waals surface area contributed by atoms with Crippen molar-refractivity contribution in [2.75, 3.05) is 11.9 Å². The molecule has 0 radical (unpaired) electrons. The van der Waals surface area contributed by atoms with Crippen molar-refractivity contribution in [1.82, 2.24) is 0 Å². The van der Waals surface area contributed by atoms with Gasteiger partial charge in [0, 0.05) is 29.4 Å². The molecular formula is C14H14BrFN2. The van der Waals surface area contributed by atoms with Crippen LogP contribution in [0.1, 0.15) is 5.56 Å². The van der Waals surface area contributed by atoms with E-state index in [2.05, 4.69) is 15.9 Å². The van der Waals surface area contributed by atoms with Crippen LogP contribution in [-0.4, -0.2) is 7.05 Å². The average Bonchev–Trinajstić information content (AvgIpc) is 2.37. The van der Waals surface area contributed by atoms with Gasteiger partial charge in [0.25, 0.3) is 0 Å². The fourth-order valence-corrected chi connectivity index (χ4v) is 2.28. The van der Waals surface area contributed by atoms with E-state index in [9.17, 15) is 4.39 Å². The highest BCUT2D eigenvalue weighted by molar-refractivity contribution is 9.10. The molecule has 4 heteroatoms. The number of anilines is 2. The van der Waals surface area contributed by atoms with E-state index in [1.54, 1.807) is 6.07 Å². The van der Waals surface area contributed by atoms with Crippen LogP contribution in [0.25, 0.3) is 0 Å². The summed E-state index contributed by atoms with van der Waals surface area (Å²) in [6.07, 6.45) is 0. The molecule has 94 valence electrons. The Labute approximate surface area is 114 Å². The second kappa shape index (κ2) is 5.50. The molecule has 2 aromatic rings. The van der Waals surface area contributed by atoms with Crippen LogP contribution in [-0.2, 0) is 6.54 Å². The van der Waals surface area contributed by atoms with Gasteiger partial charge in [0.2, 0.25) is 0 Å². The maximum atomic E-state index is 13.2. The number of benzene rings is 2. The summed E-state index contributed by atoms with van der Waals surface area (Å²) < 4.78 is 14.2. The molecular weight excluding hydrogens is 295 g/mol. The Morgan fingerprint density at radius 3 is 2.67 bits per heavy atom. The molecule has 0 atom stereocenters. The molecule has 0 bridgehead atoms. The number of nitrogens with zero attached hydrogens (tertiary/aromatic N) is 1. The molecule has 2 N–H and O–H groups in total. The summed E-state index contributed by atoms with van der Waals surface area (Å²) in [7, 11) is 1.90. The van der Waals surface area contributed by atoms with Crippen molar-refractivity contribution < 1.29 is 4.39 Å². The molecule has 0 aliphatic rings. The summed E-state index contributed by atoms with van der Waals surface area (Å²) in [5.74, 6) is -0.245. The Hall–Kier alpha value is -1.39. The Morgan fingerprint density at radius 1 is 1.22 bits per heavy atom. The molecule has 0 amide bonds. The highest BCUT2D eigenvalue weighted by Gasteiger charge is 2.09. The van der Waals surface area contributed by atoms with Crippen molar-refractivity contribution in [3.05, 3.63) is 58.3 Å². The van der Waals surface area contributed by atoms with Crippen molar-refractivity contribution in [3.63, 3.8) is 0 Å². The van der Waals surface area contributed by atoms with E-state index in [-0.39, 0.29) is 5.82 Å². The Morgan fingerprint density at radius 2 is 2.00 bits per heavy atom. The third-order valence-corrected chi connectivity index (χ3v) is 3.31. The van der Waals surface area contributed by atoms with Gasteiger partial charge in [0.1, 0.15) is 5.82 Å². The lowest BCUT2D eigenvalue weighted by molar-refractivity contribution is 0.628. The summed E-state index contributed by atoms with van der Waals surface area (Å²) in [4.78, 5) is 1.93. The van der Waals surface area contributed by atoms with Crippen LogP contribution in [0, 0.1) is 5.82 Å². The predicted octanol–water partition coefficient (Wildman–Crippen LogP) is 3.81. The highest BCUT2D eigenvalue weighted by Crippen LogP contribution is 2.29. The SMILES string of the molecule is CN(c1cccc(F)c1)c1ccc(Br)cc1CN. The van der Waals surface area contributed by atoms with Crippen LogP contribution >= 0.6 is 15.9 Å². The van der Waals surface area contributed by atoms with Crippen LogP contribution < -0.4 is 10.6 Å². The highest BCUT2D eigenvalue weighted by atomic mass is 79.9. The fraction of sp³-hybridized carbons (Fsp3) is 0.143. The van der Waals surface area contributed by atoms with Crippen molar-refractivity contribution in [3.8, 4) is 0 Å². The summed E-state index contributed by atoms with van der Waals surface area (Å²) in [5, 5.41) is 0. The topological polar surface area (TPSA) is 29.3 Å². The standard InChI is InChI=1S/C14H14BrFN2/c1-18(13-4-2-3-12(16)8-13)14-6-5-11(15)7-10(14)9-17/h2-8H,9,17H2,1H3. The third-order valence-electron chi connectivity index (χ3n) is 2.82. The van der Waals surface area contributed by atoms with E-state index in [1.165, 1.54) is 12.1 Å².